The van der Waals surface area contributed by atoms with E-state index in [4.69, 9.17) is 13.9 Å². The molecule has 6 aromatic carbocycles. The van der Waals surface area contributed by atoms with Crippen molar-refractivity contribution in [1.82, 2.24) is 0 Å². The van der Waals surface area contributed by atoms with E-state index in [-0.39, 0.29) is 5.43 Å². The van der Waals surface area contributed by atoms with Crippen LogP contribution in [0.5, 0.6) is 23.0 Å². The summed E-state index contributed by atoms with van der Waals surface area (Å²) in [6.07, 6.45) is 3.16. The summed E-state index contributed by atoms with van der Waals surface area (Å²) in [4.78, 5) is 15.9. The van der Waals surface area contributed by atoms with Gasteiger partial charge in [0.15, 0.2) is 23.0 Å². The van der Waals surface area contributed by atoms with Crippen LogP contribution < -0.4 is 19.8 Å². The maximum absolute atomic E-state index is 13.7. The number of hydrogen-bond acceptors (Lipinski definition) is 5. The van der Waals surface area contributed by atoms with Crippen molar-refractivity contribution in [3.63, 3.8) is 0 Å². The molecule has 46 heavy (non-hydrogen) atoms. The maximum atomic E-state index is 13.7. The number of para-hydroxylation sites is 3. The first-order valence-electron chi connectivity index (χ1n) is 15.8. The molecule has 7 aromatic rings. The molecule has 0 unspecified atom stereocenters. The van der Waals surface area contributed by atoms with E-state index in [0.29, 0.717) is 21.9 Å². The van der Waals surface area contributed by atoms with Gasteiger partial charge in [0.2, 0.25) is 5.43 Å². The third-order valence-corrected chi connectivity index (χ3v) is 9.01. The number of anilines is 3. The molecule has 0 bridgehead atoms. The summed E-state index contributed by atoms with van der Waals surface area (Å²) in [5, 5.41) is 1.23. The number of hydrogen-bond donors (Lipinski definition) is 0. The normalized spacial score (nSPS) is 12.7. The number of fused-ring (bicyclic) bond motifs is 6. The number of aryl methyl sites for hydroxylation is 1. The smallest absolute Gasteiger partial charge is 0.200 e. The molecule has 0 amide bonds. The highest BCUT2D eigenvalue weighted by Gasteiger charge is 2.34. The Morgan fingerprint density at radius 2 is 1.20 bits per heavy atom. The molecule has 222 valence electrons. The SMILES string of the molecule is CCCCc1ccc2oc3ccc(-c4cccc(-c5ccc6c(c5)N5c7ccccc7Oc7cccc(c75)O6)c4)cc3c(=O)c2c1. The quantitative estimate of drug-likeness (QED) is 0.184. The van der Waals surface area contributed by atoms with Gasteiger partial charge in [-0.2, -0.15) is 0 Å². The number of nitrogens with zero attached hydrogens (tertiary/aromatic N) is 1. The Kier molecular flexibility index (Phi) is 6.00. The van der Waals surface area contributed by atoms with E-state index >= 15 is 0 Å². The lowest BCUT2D eigenvalue weighted by atomic mass is 9.97. The van der Waals surface area contributed by atoms with E-state index in [9.17, 15) is 4.79 Å². The van der Waals surface area contributed by atoms with Crippen LogP contribution >= 0.6 is 0 Å². The van der Waals surface area contributed by atoms with Crippen LogP contribution in [0.2, 0.25) is 0 Å². The van der Waals surface area contributed by atoms with Crippen molar-refractivity contribution in [3.05, 3.63) is 137 Å². The summed E-state index contributed by atoms with van der Waals surface area (Å²) in [5.41, 5.74) is 9.32. The van der Waals surface area contributed by atoms with E-state index in [2.05, 4.69) is 60.4 Å². The van der Waals surface area contributed by atoms with Crippen molar-refractivity contribution >= 4 is 39.0 Å². The molecule has 3 heterocycles. The van der Waals surface area contributed by atoms with Crippen molar-refractivity contribution in [3.8, 4) is 45.3 Å². The highest BCUT2D eigenvalue weighted by molar-refractivity contribution is 5.95. The van der Waals surface area contributed by atoms with Gasteiger partial charge in [-0.25, -0.2) is 0 Å². The zero-order valence-corrected chi connectivity index (χ0v) is 25.2. The number of rotatable bonds is 5. The lowest BCUT2D eigenvalue weighted by Crippen LogP contribution is -2.20. The lowest BCUT2D eigenvalue weighted by molar-refractivity contribution is 0.446. The average Bonchev–Trinajstić information content (AvgIpc) is 3.10. The van der Waals surface area contributed by atoms with Gasteiger partial charge < -0.3 is 13.9 Å². The Balaban J connectivity index is 1.12. The average molecular weight is 600 g/mol. The Labute approximate surface area is 265 Å². The molecule has 2 aliphatic heterocycles. The van der Waals surface area contributed by atoms with Gasteiger partial charge >= 0.3 is 0 Å². The largest absolute Gasteiger partial charge is 0.456 e. The topological polar surface area (TPSA) is 51.9 Å². The van der Waals surface area contributed by atoms with Gasteiger partial charge in [0, 0.05) is 0 Å². The molecule has 5 heteroatoms. The van der Waals surface area contributed by atoms with Gasteiger partial charge in [0.1, 0.15) is 16.9 Å². The first-order chi connectivity index (χ1) is 22.6. The minimum absolute atomic E-state index is 0.00716. The molecule has 0 radical (unpaired) electrons. The van der Waals surface area contributed by atoms with Crippen LogP contribution in [-0.4, -0.2) is 0 Å². The summed E-state index contributed by atoms with van der Waals surface area (Å²) in [6, 6.07) is 40.6. The van der Waals surface area contributed by atoms with Crippen LogP contribution in [0.3, 0.4) is 0 Å². The zero-order valence-electron chi connectivity index (χ0n) is 25.2. The van der Waals surface area contributed by atoms with Crippen LogP contribution in [0, 0.1) is 0 Å². The van der Waals surface area contributed by atoms with Crippen molar-refractivity contribution in [2.24, 2.45) is 0 Å². The van der Waals surface area contributed by atoms with E-state index in [1.54, 1.807) is 0 Å². The molecular weight excluding hydrogens is 570 g/mol. The van der Waals surface area contributed by atoms with E-state index in [0.717, 1.165) is 81.6 Å². The fraction of sp³-hybridized carbons (Fsp3) is 0.0976. The van der Waals surface area contributed by atoms with Crippen LogP contribution in [0.25, 0.3) is 44.2 Å². The second-order valence-corrected chi connectivity index (χ2v) is 11.9. The van der Waals surface area contributed by atoms with Crippen molar-refractivity contribution in [2.75, 3.05) is 4.90 Å². The molecule has 0 spiro atoms. The molecule has 0 saturated heterocycles. The summed E-state index contributed by atoms with van der Waals surface area (Å²) < 4.78 is 18.8. The third-order valence-electron chi connectivity index (χ3n) is 9.01. The molecule has 0 N–H and O–H groups in total. The molecule has 0 aliphatic carbocycles. The van der Waals surface area contributed by atoms with Crippen molar-refractivity contribution in [2.45, 2.75) is 26.2 Å². The number of ether oxygens (including phenoxy) is 2. The minimum atomic E-state index is 0.00716. The summed E-state index contributed by atoms with van der Waals surface area (Å²) >= 11 is 0. The molecule has 2 aliphatic rings. The Morgan fingerprint density at radius 3 is 2.00 bits per heavy atom. The number of benzene rings is 6. The maximum Gasteiger partial charge on any atom is 0.200 e. The highest BCUT2D eigenvalue weighted by Crippen LogP contribution is 2.59. The zero-order chi connectivity index (χ0) is 30.8. The molecule has 0 fully saturated rings. The molecule has 0 atom stereocenters. The Morgan fingerprint density at radius 1 is 0.565 bits per heavy atom. The molecule has 5 nitrogen and oxygen atoms in total. The van der Waals surface area contributed by atoms with Gasteiger partial charge in [-0.05, 0) is 107 Å². The Hall–Kier alpha value is -5.81. The van der Waals surface area contributed by atoms with Gasteiger partial charge in [0.05, 0.1) is 22.1 Å². The predicted molar refractivity (Wildman–Crippen MR) is 184 cm³/mol. The van der Waals surface area contributed by atoms with E-state index < -0.39 is 0 Å². The fourth-order valence-corrected chi connectivity index (χ4v) is 6.68. The summed E-state index contributed by atoms with van der Waals surface area (Å²) in [7, 11) is 0. The fourth-order valence-electron chi connectivity index (χ4n) is 6.68. The number of unbranched alkanes of at least 4 members (excludes halogenated alkanes) is 1. The van der Waals surface area contributed by atoms with Gasteiger partial charge in [-0.3, -0.25) is 9.69 Å². The molecular formula is C41H29NO4. The second-order valence-electron chi connectivity index (χ2n) is 11.9. The minimum Gasteiger partial charge on any atom is -0.456 e. The monoisotopic (exact) mass is 599 g/mol. The standard InChI is InChI=1S/C41H29NO4/c1-2-3-8-25-15-18-34-30(21-25)41(43)31-23-28(16-19-35(31)44-34)26-9-6-10-27(22-26)29-17-20-37-33(24-29)42-32-11-4-5-12-36(32)45-38-13-7-14-39(46-37)40(38)42/h4-7,9-24H,2-3,8H2,1H3. The van der Waals surface area contributed by atoms with Gasteiger partial charge in [0.25, 0.3) is 0 Å². The van der Waals surface area contributed by atoms with Gasteiger partial charge in [-0.1, -0.05) is 67.9 Å². The highest BCUT2D eigenvalue weighted by atomic mass is 16.5. The molecule has 9 rings (SSSR count). The van der Waals surface area contributed by atoms with Crippen LogP contribution in [0.15, 0.2) is 131 Å². The Bertz CT molecular complexity index is 2390. The van der Waals surface area contributed by atoms with Crippen LogP contribution in [-0.2, 0) is 6.42 Å². The first-order valence-corrected chi connectivity index (χ1v) is 15.8. The summed E-state index contributed by atoms with van der Waals surface area (Å²) in [5.74, 6) is 3.12. The lowest BCUT2D eigenvalue weighted by Gasteiger charge is -2.37. The van der Waals surface area contributed by atoms with Crippen LogP contribution in [0.4, 0.5) is 17.1 Å². The van der Waals surface area contributed by atoms with Crippen LogP contribution in [0.1, 0.15) is 25.3 Å². The molecule has 1 aromatic heterocycles. The summed E-state index contributed by atoms with van der Waals surface area (Å²) in [6.45, 7) is 2.18. The predicted octanol–water partition coefficient (Wildman–Crippen LogP) is 11.3. The van der Waals surface area contributed by atoms with E-state index in [1.165, 1.54) is 5.56 Å². The molecule has 0 saturated carbocycles. The van der Waals surface area contributed by atoms with E-state index in [1.807, 2.05) is 72.8 Å². The van der Waals surface area contributed by atoms with Gasteiger partial charge in [-0.15, -0.1) is 0 Å². The second kappa shape index (κ2) is 10.4. The van der Waals surface area contributed by atoms with Crippen molar-refractivity contribution < 1.29 is 13.9 Å². The third kappa shape index (κ3) is 4.20. The van der Waals surface area contributed by atoms with Crippen molar-refractivity contribution in [1.29, 1.82) is 0 Å². The first kappa shape index (κ1) is 26.6.